The zero-order chi connectivity index (χ0) is 17.4. The van der Waals surface area contributed by atoms with E-state index in [0.29, 0.717) is 23.5 Å². The fraction of sp³-hybridized carbons (Fsp3) is 0.176. The summed E-state index contributed by atoms with van der Waals surface area (Å²) in [6.07, 6.45) is 3.81. The SMILES string of the molecule is CCCOc1ccc(/C(=N\NC(=O)c2ccncc2)C(=O)O)cc1. The number of carbonyl (C=O) groups is 2. The molecule has 1 aromatic heterocycles. The number of hydrogen-bond donors (Lipinski definition) is 2. The lowest BCUT2D eigenvalue weighted by Gasteiger charge is -2.06. The van der Waals surface area contributed by atoms with Gasteiger partial charge < -0.3 is 9.84 Å². The molecular formula is C17H17N3O4. The zero-order valence-electron chi connectivity index (χ0n) is 13.1. The summed E-state index contributed by atoms with van der Waals surface area (Å²) in [7, 11) is 0. The van der Waals surface area contributed by atoms with Gasteiger partial charge in [-0.3, -0.25) is 9.78 Å². The van der Waals surface area contributed by atoms with Crippen LogP contribution in [-0.2, 0) is 4.79 Å². The van der Waals surface area contributed by atoms with Crippen LogP contribution in [0, 0.1) is 0 Å². The normalized spacial score (nSPS) is 11.0. The van der Waals surface area contributed by atoms with Crippen molar-refractivity contribution in [3.8, 4) is 5.75 Å². The molecule has 2 N–H and O–H groups in total. The number of carboxylic acids is 1. The molecule has 2 rings (SSSR count). The van der Waals surface area contributed by atoms with Gasteiger partial charge in [-0.25, -0.2) is 10.2 Å². The second-order valence-electron chi connectivity index (χ2n) is 4.82. The summed E-state index contributed by atoms with van der Waals surface area (Å²) in [4.78, 5) is 27.1. The smallest absolute Gasteiger partial charge is 0.356 e. The molecule has 0 fully saturated rings. The van der Waals surface area contributed by atoms with Crippen LogP contribution in [-0.4, -0.2) is 34.3 Å². The van der Waals surface area contributed by atoms with Crippen molar-refractivity contribution >= 4 is 17.6 Å². The molecule has 7 nitrogen and oxygen atoms in total. The number of aromatic nitrogens is 1. The minimum absolute atomic E-state index is 0.264. The Morgan fingerprint density at radius 3 is 2.38 bits per heavy atom. The number of aliphatic carboxylic acids is 1. The molecule has 0 atom stereocenters. The Morgan fingerprint density at radius 2 is 1.79 bits per heavy atom. The van der Waals surface area contributed by atoms with Crippen LogP contribution >= 0.6 is 0 Å². The van der Waals surface area contributed by atoms with Crippen LogP contribution in [0.5, 0.6) is 5.75 Å². The third-order valence-corrected chi connectivity index (χ3v) is 3.01. The maximum absolute atomic E-state index is 11.9. The topological polar surface area (TPSA) is 101 Å². The van der Waals surface area contributed by atoms with Gasteiger partial charge in [-0.2, -0.15) is 5.10 Å². The number of pyridine rings is 1. The Kier molecular flexibility index (Phi) is 6.01. The molecule has 1 heterocycles. The van der Waals surface area contributed by atoms with Crippen molar-refractivity contribution < 1.29 is 19.4 Å². The van der Waals surface area contributed by atoms with Crippen LogP contribution in [0.3, 0.4) is 0 Å². The Morgan fingerprint density at radius 1 is 1.12 bits per heavy atom. The fourth-order valence-electron chi connectivity index (χ4n) is 1.84. The first kappa shape index (κ1) is 17.1. The van der Waals surface area contributed by atoms with Crippen molar-refractivity contribution in [3.63, 3.8) is 0 Å². The van der Waals surface area contributed by atoms with Gasteiger partial charge in [-0.15, -0.1) is 0 Å². The van der Waals surface area contributed by atoms with Gasteiger partial charge in [-0.1, -0.05) is 6.92 Å². The number of hydrazone groups is 1. The van der Waals surface area contributed by atoms with Gasteiger partial charge in [0.25, 0.3) is 5.91 Å². The summed E-state index contributed by atoms with van der Waals surface area (Å²) < 4.78 is 5.44. The largest absolute Gasteiger partial charge is 0.494 e. The second-order valence-corrected chi connectivity index (χ2v) is 4.82. The average molecular weight is 327 g/mol. The van der Waals surface area contributed by atoms with Crippen molar-refractivity contribution in [1.29, 1.82) is 0 Å². The number of hydrogen-bond acceptors (Lipinski definition) is 5. The zero-order valence-corrected chi connectivity index (χ0v) is 13.1. The van der Waals surface area contributed by atoms with E-state index in [2.05, 4.69) is 15.5 Å². The molecule has 7 heteroatoms. The lowest BCUT2D eigenvalue weighted by molar-refractivity contribution is -0.129. The van der Waals surface area contributed by atoms with Gasteiger partial charge in [0.05, 0.1) is 6.61 Å². The van der Waals surface area contributed by atoms with E-state index in [1.54, 1.807) is 24.3 Å². The van der Waals surface area contributed by atoms with E-state index in [9.17, 15) is 14.7 Å². The Balaban J connectivity index is 2.14. The Hall–Kier alpha value is -3.22. The van der Waals surface area contributed by atoms with Gasteiger partial charge in [-0.05, 0) is 42.8 Å². The van der Waals surface area contributed by atoms with Gasteiger partial charge >= 0.3 is 5.97 Å². The summed E-state index contributed by atoms with van der Waals surface area (Å²) in [6.45, 7) is 2.58. The molecule has 0 saturated heterocycles. The molecular weight excluding hydrogens is 310 g/mol. The fourth-order valence-corrected chi connectivity index (χ4v) is 1.84. The Labute approximate surface area is 139 Å². The summed E-state index contributed by atoms with van der Waals surface area (Å²) >= 11 is 0. The average Bonchev–Trinajstić information content (AvgIpc) is 2.61. The van der Waals surface area contributed by atoms with Crippen LogP contribution in [0.1, 0.15) is 29.3 Å². The Bertz CT molecular complexity index is 727. The molecule has 0 aliphatic heterocycles. The quantitative estimate of drug-likeness (QED) is 0.599. The van der Waals surface area contributed by atoms with E-state index in [1.807, 2.05) is 6.92 Å². The molecule has 0 aliphatic rings. The molecule has 0 spiro atoms. The number of rotatable bonds is 7. The third kappa shape index (κ3) is 4.64. The molecule has 0 bridgehead atoms. The van der Waals surface area contributed by atoms with Crippen LogP contribution in [0.4, 0.5) is 0 Å². The van der Waals surface area contributed by atoms with E-state index < -0.39 is 11.9 Å². The minimum atomic E-state index is -1.24. The first-order chi connectivity index (χ1) is 11.6. The number of benzene rings is 1. The molecule has 1 amide bonds. The van der Waals surface area contributed by atoms with Crippen molar-refractivity contribution in [1.82, 2.24) is 10.4 Å². The highest BCUT2D eigenvalue weighted by molar-refractivity contribution is 6.42. The number of carboxylic acid groups (broad SMARTS) is 1. The number of nitrogens with one attached hydrogen (secondary N) is 1. The molecule has 1 aromatic carbocycles. The summed E-state index contributed by atoms with van der Waals surface area (Å²) in [5, 5.41) is 13.0. The maximum Gasteiger partial charge on any atom is 0.356 e. The number of carbonyl (C=O) groups excluding carboxylic acids is 1. The summed E-state index contributed by atoms with van der Waals surface area (Å²) in [5.74, 6) is -1.11. The highest BCUT2D eigenvalue weighted by Crippen LogP contribution is 2.13. The number of ether oxygens (including phenoxy) is 1. The van der Waals surface area contributed by atoms with E-state index >= 15 is 0 Å². The molecule has 0 unspecified atom stereocenters. The summed E-state index contributed by atoms with van der Waals surface area (Å²) in [6, 6.07) is 9.49. The molecule has 24 heavy (non-hydrogen) atoms. The minimum Gasteiger partial charge on any atom is -0.494 e. The van der Waals surface area contributed by atoms with E-state index in [1.165, 1.54) is 24.5 Å². The number of nitrogens with zero attached hydrogens (tertiary/aromatic N) is 2. The molecule has 0 aliphatic carbocycles. The van der Waals surface area contributed by atoms with Gasteiger partial charge in [0.2, 0.25) is 0 Å². The van der Waals surface area contributed by atoms with E-state index in [4.69, 9.17) is 4.74 Å². The van der Waals surface area contributed by atoms with Crippen molar-refractivity contribution in [2.24, 2.45) is 5.10 Å². The van der Waals surface area contributed by atoms with Gasteiger partial charge in [0.15, 0.2) is 5.71 Å². The predicted molar refractivity (Wildman–Crippen MR) is 88.1 cm³/mol. The molecule has 124 valence electrons. The van der Waals surface area contributed by atoms with E-state index in [-0.39, 0.29) is 5.71 Å². The second kappa shape index (κ2) is 8.42. The molecule has 0 saturated carbocycles. The summed E-state index contributed by atoms with van der Waals surface area (Å²) in [5.41, 5.74) is 2.67. The van der Waals surface area contributed by atoms with Gasteiger partial charge in [0.1, 0.15) is 5.75 Å². The van der Waals surface area contributed by atoms with Crippen molar-refractivity contribution in [2.75, 3.05) is 6.61 Å². The monoisotopic (exact) mass is 327 g/mol. The predicted octanol–water partition coefficient (Wildman–Crippen LogP) is 2.09. The van der Waals surface area contributed by atoms with Crippen LogP contribution in [0.25, 0.3) is 0 Å². The van der Waals surface area contributed by atoms with Gasteiger partial charge in [0, 0.05) is 23.5 Å². The van der Waals surface area contributed by atoms with Crippen LogP contribution in [0.2, 0.25) is 0 Å². The first-order valence-corrected chi connectivity index (χ1v) is 7.36. The highest BCUT2D eigenvalue weighted by atomic mass is 16.5. The van der Waals surface area contributed by atoms with Crippen molar-refractivity contribution in [3.05, 3.63) is 59.9 Å². The van der Waals surface area contributed by atoms with Crippen LogP contribution < -0.4 is 10.2 Å². The lowest BCUT2D eigenvalue weighted by atomic mass is 10.1. The molecule has 2 aromatic rings. The maximum atomic E-state index is 11.9. The third-order valence-electron chi connectivity index (χ3n) is 3.01. The first-order valence-electron chi connectivity index (χ1n) is 7.36. The van der Waals surface area contributed by atoms with Crippen LogP contribution in [0.15, 0.2) is 53.9 Å². The molecule has 0 radical (unpaired) electrons. The lowest BCUT2D eigenvalue weighted by Crippen LogP contribution is -2.24. The standard InChI is InChI=1S/C17H17N3O4/c1-2-11-24-14-5-3-12(4-6-14)15(17(22)23)19-20-16(21)13-7-9-18-10-8-13/h3-10H,2,11H2,1H3,(H,20,21)(H,22,23)/b19-15+. The number of amides is 1. The van der Waals surface area contributed by atoms with Crippen molar-refractivity contribution in [2.45, 2.75) is 13.3 Å². The highest BCUT2D eigenvalue weighted by Gasteiger charge is 2.14. The van der Waals surface area contributed by atoms with E-state index in [0.717, 1.165) is 6.42 Å².